The quantitative estimate of drug-likeness (QED) is 0.104. The zero-order valence-corrected chi connectivity index (χ0v) is 23.0. The predicted octanol–water partition coefficient (Wildman–Crippen LogP) is 6.46. The monoisotopic (exact) mass is 486 g/mol. The molecular formula is C29H47ClN4. The third-order valence-corrected chi connectivity index (χ3v) is 5.30. The first kappa shape index (κ1) is 33.8. The second-order valence-electron chi connectivity index (χ2n) is 8.11. The number of hydrogen-bond donors (Lipinski definition) is 2. The van der Waals surface area contributed by atoms with Gasteiger partial charge in [0.15, 0.2) is 0 Å². The van der Waals surface area contributed by atoms with Gasteiger partial charge in [0.1, 0.15) is 0 Å². The molecule has 0 heterocycles. The second kappa shape index (κ2) is 22.4. The van der Waals surface area contributed by atoms with Crippen LogP contribution in [0.15, 0.2) is 41.5 Å². The Bertz CT molecular complexity index is 759. The van der Waals surface area contributed by atoms with E-state index in [1.165, 1.54) is 17.7 Å². The highest BCUT2D eigenvalue weighted by Gasteiger charge is 2.21. The summed E-state index contributed by atoms with van der Waals surface area (Å²) in [6, 6.07) is 6.38. The minimum atomic E-state index is 0.482. The Hall–Kier alpha value is -2.37. The molecule has 0 spiro atoms. The first-order valence-corrected chi connectivity index (χ1v) is 12.4. The van der Waals surface area contributed by atoms with Gasteiger partial charge in [0.05, 0.1) is 18.0 Å². The summed E-state index contributed by atoms with van der Waals surface area (Å²) in [6.45, 7) is 11.7. The molecule has 0 radical (unpaired) electrons. The highest BCUT2D eigenvalue weighted by Crippen LogP contribution is 2.35. The summed E-state index contributed by atoms with van der Waals surface area (Å²) in [5.41, 5.74) is 9.93. The highest BCUT2D eigenvalue weighted by molar-refractivity contribution is 6.29. The Kier molecular flexibility index (Phi) is 22.3. The van der Waals surface area contributed by atoms with Crippen LogP contribution in [0.2, 0.25) is 0 Å². The molecule has 0 amide bonds. The summed E-state index contributed by atoms with van der Waals surface area (Å²) in [7, 11) is 4.29. The van der Waals surface area contributed by atoms with E-state index in [1.54, 1.807) is 6.92 Å². The molecule has 0 fully saturated rings. The van der Waals surface area contributed by atoms with E-state index < -0.39 is 0 Å². The fourth-order valence-electron chi connectivity index (χ4n) is 3.63. The van der Waals surface area contributed by atoms with Crippen molar-refractivity contribution < 1.29 is 0 Å². The molecule has 0 aliphatic rings. The highest BCUT2D eigenvalue weighted by atomic mass is 35.5. The zero-order valence-electron chi connectivity index (χ0n) is 22.3. The zero-order chi connectivity index (χ0) is 26.4. The van der Waals surface area contributed by atoms with Crippen LogP contribution in [0.3, 0.4) is 0 Å². The molecule has 1 aromatic carbocycles. The first-order valence-electron chi connectivity index (χ1n) is 12.0. The van der Waals surface area contributed by atoms with Crippen LogP contribution in [0.1, 0.15) is 64.9 Å². The number of para-hydroxylation sites is 1. The van der Waals surface area contributed by atoms with Crippen molar-refractivity contribution in [3.8, 4) is 25.2 Å². The van der Waals surface area contributed by atoms with Crippen molar-refractivity contribution in [1.29, 1.82) is 0 Å². The number of allylic oxidation sites excluding steroid dienone is 3. The van der Waals surface area contributed by atoms with Crippen LogP contribution in [0.4, 0.5) is 11.4 Å². The number of hydrogen-bond acceptors (Lipinski definition) is 4. The summed E-state index contributed by atoms with van der Waals surface area (Å²) < 4.78 is 0. The van der Waals surface area contributed by atoms with E-state index in [4.69, 9.17) is 17.3 Å². The molecule has 5 heteroatoms. The lowest BCUT2D eigenvalue weighted by Crippen LogP contribution is -2.36. The molecule has 0 aliphatic carbocycles. The van der Waals surface area contributed by atoms with Crippen LogP contribution in [0, 0.1) is 25.2 Å². The summed E-state index contributed by atoms with van der Waals surface area (Å²) >= 11 is 6.04. The van der Waals surface area contributed by atoms with Crippen molar-refractivity contribution in [1.82, 2.24) is 10.2 Å². The minimum absolute atomic E-state index is 0.482. The van der Waals surface area contributed by atoms with Crippen molar-refractivity contribution in [2.75, 3.05) is 51.0 Å². The van der Waals surface area contributed by atoms with E-state index in [0.717, 1.165) is 56.3 Å². The lowest BCUT2D eigenvalue weighted by molar-refractivity contribution is 0.362. The topological polar surface area (TPSA) is 44.5 Å². The first-order chi connectivity index (χ1) is 16.4. The van der Waals surface area contributed by atoms with E-state index in [9.17, 15) is 0 Å². The molecular weight excluding hydrogens is 440 g/mol. The summed E-state index contributed by atoms with van der Waals surface area (Å²) in [5, 5.41) is 4.41. The van der Waals surface area contributed by atoms with E-state index in [2.05, 4.69) is 92.5 Å². The molecule has 34 heavy (non-hydrogen) atoms. The van der Waals surface area contributed by atoms with Crippen LogP contribution in [-0.4, -0.2) is 45.3 Å². The smallest absolute Gasteiger partial charge is 0.0685 e. The molecule has 0 saturated heterocycles. The Morgan fingerprint density at radius 3 is 2.38 bits per heavy atom. The fraction of sp³-hybridized carbons (Fsp3) is 0.517. The molecule has 190 valence electrons. The molecule has 3 N–H and O–H groups in total. The van der Waals surface area contributed by atoms with Crippen LogP contribution in [-0.2, 0) is 0 Å². The van der Waals surface area contributed by atoms with Crippen LogP contribution in [0.5, 0.6) is 0 Å². The van der Waals surface area contributed by atoms with Crippen molar-refractivity contribution >= 4 is 23.0 Å². The maximum Gasteiger partial charge on any atom is 0.0685 e. The third-order valence-electron chi connectivity index (χ3n) is 4.93. The minimum Gasteiger partial charge on any atom is -0.397 e. The molecule has 4 nitrogen and oxygen atoms in total. The Balaban J connectivity index is 0. The van der Waals surface area contributed by atoms with Crippen LogP contribution in [0.25, 0.3) is 0 Å². The average Bonchev–Trinajstić information content (AvgIpc) is 2.81. The Morgan fingerprint density at radius 2 is 1.85 bits per heavy atom. The number of likely N-dealkylation sites (N-methyl/N-ethyl adjacent to an activating group) is 1. The maximum atomic E-state index is 6.50. The van der Waals surface area contributed by atoms with Gasteiger partial charge < -0.3 is 15.5 Å². The largest absolute Gasteiger partial charge is 0.397 e. The lowest BCUT2D eigenvalue weighted by Gasteiger charge is -2.32. The van der Waals surface area contributed by atoms with Gasteiger partial charge in [-0.15, -0.1) is 25.2 Å². The standard InChI is InChI=1S/C24H41ClN4.C3H4.C2H2/c1-6-12-20(18-28(4)5)22-14-11-15-23(26)24(22)29(17-7-2)19-27-16-10-9-13-21(25)8-3;1-3-2;1-2/h8-11,14-15,20,27H,6-7,12-13,16-19,26H2,1-5H3;1H,2H3;1-2H/b10-9-,21-8+;;. The van der Waals surface area contributed by atoms with Gasteiger partial charge >= 0.3 is 0 Å². The predicted molar refractivity (Wildman–Crippen MR) is 155 cm³/mol. The summed E-state index contributed by atoms with van der Waals surface area (Å²) in [5.74, 6) is 2.73. The maximum absolute atomic E-state index is 6.50. The number of benzene rings is 1. The number of nitrogens with one attached hydrogen (secondary N) is 1. The Labute approximate surface area is 215 Å². The van der Waals surface area contributed by atoms with Gasteiger partial charge in [-0.2, -0.15) is 0 Å². The number of halogens is 1. The summed E-state index contributed by atoms with van der Waals surface area (Å²) in [6.07, 6.45) is 23.0. The van der Waals surface area contributed by atoms with Crippen molar-refractivity contribution in [2.45, 2.75) is 59.3 Å². The molecule has 0 saturated carbocycles. The molecule has 1 atom stereocenters. The van der Waals surface area contributed by atoms with Crippen molar-refractivity contribution in [2.24, 2.45) is 0 Å². The van der Waals surface area contributed by atoms with E-state index in [-0.39, 0.29) is 0 Å². The molecule has 1 aromatic rings. The number of nitrogens with two attached hydrogens (primary N) is 1. The van der Waals surface area contributed by atoms with Gasteiger partial charge in [-0.05, 0) is 58.3 Å². The van der Waals surface area contributed by atoms with Crippen molar-refractivity contribution in [3.63, 3.8) is 0 Å². The van der Waals surface area contributed by atoms with E-state index in [1.807, 2.05) is 19.1 Å². The van der Waals surface area contributed by atoms with Gasteiger partial charge in [0.25, 0.3) is 0 Å². The third kappa shape index (κ3) is 14.7. The number of terminal acetylenes is 2. The Morgan fingerprint density at radius 1 is 1.21 bits per heavy atom. The molecule has 1 rings (SSSR count). The van der Waals surface area contributed by atoms with Gasteiger partial charge in [-0.1, -0.05) is 62.2 Å². The van der Waals surface area contributed by atoms with Crippen LogP contribution >= 0.6 is 11.6 Å². The summed E-state index contributed by atoms with van der Waals surface area (Å²) in [4.78, 5) is 4.67. The number of rotatable bonds is 14. The number of nitrogens with zero attached hydrogens (tertiary/aromatic N) is 2. The van der Waals surface area contributed by atoms with E-state index in [0.29, 0.717) is 5.92 Å². The van der Waals surface area contributed by atoms with Crippen molar-refractivity contribution in [3.05, 3.63) is 47.0 Å². The van der Waals surface area contributed by atoms with Crippen LogP contribution < -0.4 is 16.0 Å². The lowest BCUT2D eigenvalue weighted by atomic mass is 9.91. The average molecular weight is 487 g/mol. The normalized spacial score (nSPS) is 11.7. The van der Waals surface area contributed by atoms with Gasteiger partial charge in [-0.25, -0.2) is 0 Å². The molecule has 0 aromatic heterocycles. The number of anilines is 2. The van der Waals surface area contributed by atoms with Gasteiger partial charge in [-0.3, -0.25) is 5.32 Å². The van der Waals surface area contributed by atoms with Gasteiger partial charge in [0, 0.05) is 31.1 Å². The molecule has 0 aliphatic heterocycles. The fourth-order valence-corrected chi connectivity index (χ4v) is 3.72. The number of nitrogen functional groups attached to an aromatic ring is 1. The molecule has 0 bridgehead atoms. The van der Waals surface area contributed by atoms with E-state index >= 15 is 0 Å². The SMILES string of the molecule is C#C.C#CC.C/C=C(/Cl)C/C=C\CNCN(CCC)c1c(N)cccc1C(CCC)CN(C)C. The van der Waals surface area contributed by atoms with Gasteiger partial charge in [0.2, 0.25) is 0 Å². The molecule has 1 unspecified atom stereocenters. The second-order valence-corrected chi connectivity index (χ2v) is 8.59.